The van der Waals surface area contributed by atoms with Crippen molar-refractivity contribution in [3.05, 3.63) is 59.4 Å². The first-order chi connectivity index (χ1) is 23.2. The molecule has 2 aromatic carbocycles. The van der Waals surface area contributed by atoms with Gasteiger partial charge in [0.15, 0.2) is 11.5 Å². The Morgan fingerprint density at radius 2 is 1.90 bits per heavy atom. The topological polar surface area (TPSA) is 160 Å². The van der Waals surface area contributed by atoms with Gasteiger partial charge >= 0.3 is 12.8 Å². The molecule has 4 heterocycles. The van der Waals surface area contributed by atoms with Gasteiger partial charge in [-0.25, -0.2) is 9.67 Å². The first-order valence-electron chi connectivity index (χ1n) is 15.6. The third-order valence-corrected chi connectivity index (χ3v) is 9.38. The van der Waals surface area contributed by atoms with E-state index in [0.29, 0.717) is 23.1 Å². The highest BCUT2D eigenvalue weighted by atomic mass is 19.3. The molecule has 1 unspecified atom stereocenters. The van der Waals surface area contributed by atoms with Gasteiger partial charge in [-0.1, -0.05) is 0 Å². The SMILES string of the molecule is C[C@]1(C(N)=O)COc2c1cc(C(O)(CNC(=O)c1cc(OC3CC3)c3nn(C(F)F)cc3c1)C1CC1)nc2-c1ccc2c(c1)OC(F)(F)O2. The van der Waals surface area contributed by atoms with Crippen LogP contribution in [0.5, 0.6) is 23.0 Å². The molecule has 2 aromatic heterocycles. The standard InChI is InChI=1S/C33H29F4N5O7/c1-31(29(38)44)14-46-27-20(31)11-24(40-26(27)15-2-7-21-22(9-15)49-33(36,37)48-21)32(45,18-3-4-18)13-39-28(43)16-8-17-12-42(30(34)35)41-25(17)23(10-16)47-19-5-6-19/h2,7-12,18-19,30,45H,3-6,13-14H2,1H3,(H2,38,44)(H,39,43)/t31-,32?/m0/s1. The molecule has 0 spiro atoms. The summed E-state index contributed by atoms with van der Waals surface area (Å²) in [7, 11) is 0. The second-order valence-corrected chi connectivity index (χ2v) is 13.0. The van der Waals surface area contributed by atoms with Gasteiger partial charge in [0.1, 0.15) is 40.3 Å². The monoisotopic (exact) mass is 683 g/mol. The summed E-state index contributed by atoms with van der Waals surface area (Å²) in [6.45, 7) is -1.76. The van der Waals surface area contributed by atoms with Crippen molar-refractivity contribution in [2.24, 2.45) is 11.7 Å². The van der Waals surface area contributed by atoms with Crippen LogP contribution in [-0.2, 0) is 15.8 Å². The van der Waals surface area contributed by atoms with Gasteiger partial charge in [-0.15, -0.1) is 8.78 Å². The molecule has 0 saturated heterocycles. The number of rotatable bonds is 10. The number of amides is 2. The Labute approximate surface area is 275 Å². The number of hydrogen-bond donors (Lipinski definition) is 3. The molecule has 4 N–H and O–H groups in total. The Bertz CT molecular complexity index is 2050. The number of fused-ring (bicyclic) bond motifs is 3. The van der Waals surface area contributed by atoms with Crippen LogP contribution in [0.4, 0.5) is 17.6 Å². The molecule has 12 nitrogen and oxygen atoms in total. The lowest BCUT2D eigenvalue weighted by molar-refractivity contribution is -0.286. The Morgan fingerprint density at radius 3 is 2.59 bits per heavy atom. The minimum Gasteiger partial charge on any atom is -0.489 e. The van der Waals surface area contributed by atoms with Crippen molar-refractivity contribution in [2.75, 3.05) is 13.2 Å². The Hall–Kier alpha value is -5.12. The summed E-state index contributed by atoms with van der Waals surface area (Å²) < 4.78 is 76.0. The van der Waals surface area contributed by atoms with E-state index in [1.807, 2.05) is 0 Å². The van der Waals surface area contributed by atoms with Gasteiger partial charge in [0.25, 0.3) is 5.91 Å². The maximum atomic E-state index is 13.8. The molecule has 8 rings (SSSR count). The average Bonchev–Trinajstić information content (AvgIpc) is 3.97. The van der Waals surface area contributed by atoms with E-state index in [4.69, 9.17) is 20.2 Å². The molecule has 16 heteroatoms. The van der Waals surface area contributed by atoms with Crippen LogP contribution in [0.3, 0.4) is 0 Å². The second-order valence-electron chi connectivity index (χ2n) is 13.0. The molecule has 2 aliphatic heterocycles. The highest BCUT2D eigenvalue weighted by molar-refractivity contribution is 6.00. The van der Waals surface area contributed by atoms with Crippen LogP contribution < -0.4 is 30.0 Å². The number of halogens is 4. The minimum atomic E-state index is -3.86. The lowest BCUT2D eigenvalue weighted by Gasteiger charge is -2.30. The van der Waals surface area contributed by atoms with Gasteiger partial charge in [0.2, 0.25) is 5.91 Å². The summed E-state index contributed by atoms with van der Waals surface area (Å²) in [6, 6.07) is 8.40. The third-order valence-electron chi connectivity index (χ3n) is 9.38. The van der Waals surface area contributed by atoms with Crippen LogP contribution >= 0.6 is 0 Å². The fraction of sp³-hybridized carbons (Fsp3) is 0.394. The van der Waals surface area contributed by atoms with Gasteiger partial charge in [0, 0.05) is 28.3 Å². The lowest BCUT2D eigenvalue weighted by Crippen LogP contribution is -2.44. The fourth-order valence-electron chi connectivity index (χ4n) is 6.23. The summed E-state index contributed by atoms with van der Waals surface area (Å²) in [5.74, 6) is -1.72. The van der Waals surface area contributed by atoms with Crippen molar-refractivity contribution in [2.45, 2.75) is 62.6 Å². The van der Waals surface area contributed by atoms with Crippen molar-refractivity contribution < 1.29 is 51.2 Å². The van der Waals surface area contributed by atoms with Crippen LogP contribution in [0, 0.1) is 5.92 Å². The summed E-state index contributed by atoms with van der Waals surface area (Å²) in [4.78, 5) is 31.0. The van der Waals surface area contributed by atoms with E-state index in [1.54, 1.807) is 6.92 Å². The van der Waals surface area contributed by atoms with E-state index in [0.717, 1.165) is 19.0 Å². The largest absolute Gasteiger partial charge is 0.586 e. The number of aliphatic hydroxyl groups is 1. The molecule has 2 fully saturated rings. The van der Waals surface area contributed by atoms with Crippen molar-refractivity contribution >= 4 is 22.7 Å². The molecule has 4 aromatic rings. The quantitative estimate of drug-likeness (QED) is 0.204. The first-order valence-corrected chi connectivity index (χ1v) is 15.6. The van der Waals surface area contributed by atoms with Crippen LogP contribution in [0.1, 0.15) is 60.8 Å². The second kappa shape index (κ2) is 10.7. The number of nitrogens with zero attached hydrogens (tertiary/aromatic N) is 3. The molecule has 0 bridgehead atoms. The highest BCUT2D eigenvalue weighted by Gasteiger charge is 2.50. The van der Waals surface area contributed by atoms with E-state index in [2.05, 4.69) is 19.9 Å². The molecule has 2 saturated carbocycles. The molecule has 2 aliphatic carbocycles. The third kappa shape index (κ3) is 5.34. The van der Waals surface area contributed by atoms with E-state index < -0.39 is 35.7 Å². The lowest BCUT2D eigenvalue weighted by atomic mass is 9.81. The number of hydrogen-bond acceptors (Lipinski definition) is 9. The molecular formula is C33H29F4N5O7. The van der Waals surface area contributed by atoms with Gasteiger partial charge in [-0.2, -0.15) is 13.9 Å². The van der Waals surface area contributed by atoms with Gasteiger partial charge < -0.3 is 35.1 Å². The zero-order chi connectivity index (χ0) is 34.5. The molecular weight excluding hydrogens is 654 g/mol. The summed E-state index contributed by atoms with van der Waals surface area (Å²) >= 11 is 0. The fourth-order valence-corrected chi connectivity index (χ4v) is 6.23. The van der Waals surface area contributed by atoms with Crippen molar-refractivity contribution in [3.63, 3.8) is 0 Å². The summed E-state index contributed by atoms with van der Waals surface area (Å²) in [6.07, 6.45) is -0.0610. The number of nitrogens with one attached hydrogen (secondary N) is 1. The smallest absolute Gasteiger partial charge is 0.489 e. The Balaban J connectivity index is 1.16. The predicted molar refractivity (Wildman–Crippen MR) is 162 cm³/mol. The van der Waals surface area contributed by atoms with Crippen molar-refractivity contribution in [1.82, 2.24) is 20.1 Å². The molecule has 2 amide bonds. The molecule has 2 atom stereocenters. The normalized spacial score (nSPS) is 21.7. The van der Waals surface area contributed by atoms with Crippen molar-refractivity contribution in [1.29, 1.82) is 0 Å². The number of carbonyl (C=O) groups excluding carboxylic acids is 2. The summed E-state index contributed by atoms with van der Waals surface area (Å²) in [5, 5.41) is 19.2. The molecule has 4 aliphatic rings. The minimum absolute atomic E-state index is 0.0939. The number of primary amides is 1. The van der Waals surface area contributed by atoms with Gasteiger partial charge in [0.05, 0.1) is 18.3 Å². The Kier molecular flexibility index (Phi) is 6.80. The number of alkyl halides is 4. The molecule has 256 valence electrons. The predicted octanol–water partition coefficient (Wildman–Crippen LogP) is 4.52. The number of carbonyl (C=O) groups is 2. The summed E-state index contributed by atoms with van der Waals surface area (Å²) in [5.41, 5.74) is 3.84. The van der Waals surface area contributed by atoms with E-state index in [1.165, 1.54) is 36.4 Å². The number of benzene rings is 2. The van der Waals surface area contributed by atoms with Crippen LogP contribution in [0.25, 0.3) is 22.2 Å². The van der Waals surface area contributed by atoms with E-state index >= 15 is 0 Å². The van der Waals surface area contributed by atoms with Gasteiger partial charge in [-0.05, 0) is 74.9 Å². The van der Waals surface area contributed by atoms with Crippen LogP contribution in [-0.4, -0.2) is 57.2 Å². The average molecular weight is 684 g/mol. The maximum Gasteiger partial charge on any atom is 0.586 e. The van der Waals surface area contributed by atoms with Crippen molar-refractivity contribution in [3.8, 4) is 34.3 Å². The molecule has 0 radical (unpaired) electrons. The zero-order valence-corrected chi connectivity index (χ0v) is 25.8. The highest BCUT2D eigenvalue weighted by Crippen LogP contribution is 2.51. The number of ether oxygens (including phenoxy) is 4. The van der Waals surface area contributed by atoms with Crippen LogP contribution in [0.15, 0.2) is 42.6 Å². The van der Waals surface area contributed by atoms with E-state index in [-0.39, 0.29) is 81.6 Å². The molecule has 49 heavy (non-hydrogen) atoms. The number of nitrogens with two attached hydrogens (primary N) is 1. The number of pyridine rings is 1. The number of aromatic nitrogens is 3. The van der Waals surface area contributed by atoms with Gasteiger partial charge in [-0.3, -0.25) is 9.59 Å². The van der Waals surface area contributed by atoms with E-state index in [9.17, 15) is 32.3 Å². The Morgan fingerprint density at radius 1 is 1.14 bits per heavy atom. The zero-order valence-electron chi connectivity index (χ0n) is 25.8. The maximum absolute atomic E-state index is 13.8. The van der Waals surface area contributed by atoms with Crippen LogP contribution in [0.2, 0.25) is 0 Å². The first kappa shape index (κ1) is 31.2.